The molecule has 0 bridgehead atoms. The van der Waals surface area contributed by atoms with Crippen molar-refractivity contribution in [3.63, 3.8) is 0 Å². The summed E-state index contributed by atoms with van der Waals surface area (Å²) in [5.41, 5.74) is 2.27. The average molecular weight is 329 g/mol. The summed E-state index contributed by atoms with van der Waals surface area (Å²) in [5, 5.41) is 3.57. The number of carbonyl (C=O) groups excluding carboxylic acids is 2. The van der Waals surface area contributed by atoms with Crippen molar-refractivity contribution in [3.8, 4) is 10.6 Å². The van der Waals surface area contributed by atoms with Crippen LogP contribution in [0, 0.1) is 6.92 Å². The fraction of sp³-hybridized carbons (Fsp3) is 0.353. The fourth-order valence-electron chi connectivity index (χ4n) is 2.69. The first kappa shape index (κ1) is 15.7. The Morgan fingerprint density at radius 2 is 1.83 bits per heavy atom. The van der Waals surface area contributed by atoms with Gasteiger partial charge in [0.1, 0.15) is 10.7 Å². The molecule has 2 aromatic rings. The molecule has 6 heteroatoms. The molecular weight excluding hydrogens is 310 g/mol. The fourth-order valence-corrected chi connectivity index (χ4v) is 3.60. The van der Waals surface area contributed by atoms with E-state index < -0.39 is 0 Å². The zero-order chi connectivity index (χ0) is 16.4. The number of carbonyl (C=O) groups is 2. The van der Waals surface area contributed by atoms with Crippen LogP contribution in [0.4, 0.5) is 5.69 Å². The van der Waals surface area contributed by atoms with Crippen LogP contribution < -0.4 is 5.32 Å². The Balaban J connectivity index is 1.82. The van der Waals surface area contributed by atoms with Crippen molar-refractivity contribution >= 4 is 28.8 Å². The summed E-state index contributed by atoms with van der Waals surface area (Å²) in [5.74, 6) is -0.0568. The van der Waals surface area contributed by atoms with Gasteiger partial charge in [0.25, 0.3) is 5.91 Å². The van der Waals surface area contributed by atoms with Crippen molar-refractivity contribution in [2.75, 3.05) is 18.4 Å². The van der Waals surface area contributed by atoms with Crippen molar-refractivity contribution in [3.05, 3.63) is 34.8 Å². The van der Waals surface area contributed by atoms with Crippen molar-refractivity contribution in [2.45, 2.75) is 26.7 Å². The SMILES string of the molecule is CC(=O)Nc1ccc(-c2nc(C(=O)N3CCCC3)c(C)s2)cc1. The quantitative estimate of drug-likeness (QED) is 0.939. The van der Waals surface area contributed by atoms with Crippen molar-refractivity contribution in [1.82, 2.24) is 9.88 Å². The zero-order valence-corrected chi connectivity index (χ0v) is 14.1. The van der Waals surface area contributed by atoms with Crippen LogP contribution >= 0.6 is 11.3 Å². The van der Waals surface area contributed by atoms with Crippen LogP contribution in [-0.2, 0) is 4.79 Å². The molecule has 0 saturated carbocycles. The van der Waals surface area contributed by atoms with Gasteiger partial charge in [-0.2, -0.15) is 0 Å². The number of rotatable bonds is 3. The summed E-state index contributed by atoms with van der Waals surface area (Å²) >= 11 is 1.53. The van der Waals surface area contributed by atoms with Crippen molar-refractivity contribution in [1.29, 1.82) is 0 Å². The van der Waals surface area contributed by atoms with Gasteiger partial charge in [-0.1, -0.05) is 0 Å². The van der Waals surface area contributed by atoms with Crippen LogP contribution in [0.3, 0.4) is 0 Å². The lowest BCUT2D eigenvalue weighted by Gasteiger charge is -2.13. The van der Waals surface area contributed by atoms with Gasteiger partial charge >= 0.3 is 0 Å². The third-order valence-electron chi connectivity index (χ3n) is 3.84. The highest BCUT2D eigenvalue weighted by atomic mass is 32.1. The van der Waals surface area contributed by atoms with Crippen LogP contribution in [-0.4, -0.2) is 34.8 Å². The lowest BCUT2D eigenvalue weighted by Crippen LogP contribution is -2.28. The summed E-state index contributed by atoms with van der Waals surface area (Å²) in [4.78, 5) is 30.9. The van der Waals surface area contributed by atoms with Crippen LogP contribution in [0.2, 0.25) is 0 Å². The lowest BCUT2D eigenvalue weighted by atomic mass is 10.2. The van der Waals surface area contributed by atoms with Gasteiger partial charge in [-0.25, -0.2) is 4.98 Å². The van der Waals surface area contributed by atoms with E-state index in [4.69, 9.17) is 0 Å². The minimum absolute atomic E-state index is 0.0392. The van der Waals surface area contributed by atoms with Gasteiger partial charge in [0.2, 0.25) is 5.91 Å². The molecule has 1 aromatic heterocycles. The molecule has 0 spiro atoms. The van der Waals surface area contributed by atoms with Crippen LogP contribution in [0.25, 0.3) is 10.6 Å². The molecule has 5 nitrogen and oxygen atoms in total. The smallest absolute Gasteiger partial charge is 0.273 e. The molecule has 0 radical (unpaired) electrons. The van der Waals surface area contributed by atoms with Crippen molar-refractivity contribution < 1.29 is 9.59 Å². The Morgan fingerprint density at radius 3 is 2.43 bits per heavy atom. The Morgan fingerprint density at radius 1 is 1.17 bits per heavy atom. The molecule has 1 fully saturated rings. The van der Waals surface area contributed by atoms with E-state index in [1.54, 1.807) is 0 Å². The number of benzene rings is 1. The maximum Gasteiger partial charge on any atom is 0.273 e. The Kier molecular flexibility index (Phi) is 4.43. The van der Waals surface area contributed by atoms with Gasteiger partial charge in [-0.05, 0) is 44.0 Å². The second-order valence-corrected chi connectivity index (χ2v) is 6.88. The normalized spacial score (nSPS) is 14.1. The average Bonchev–Trinajstić information content (AvgIpc) is 3.16. The molecule has 0 atom stereocenters. The first-order valence-electron chi connectivity index (χ1n) is 7.69. The molecule has 1 aliphatic heterocycles. The Hall–Kier alpha value is -2.21. The molecule has 1 N–H and O–H groups in total. The third-order valence-corrected chi connectivity index (χ3v) is 4.86. The van der Waals surface area contributed by atoms with Gasteiger partial charge in [0.15, 0.2) is 0 Å². The highest BCUT2D eigenvalue weighted by molar-refractivity contribution is 7.15. The zero-order valence-electron chi connectivity index (χ0n) is 13.3. The summed E-state index contributed by atoms with van der Waals surface area (Å²) in [6.45, 7) is 5.08. The largest absolute Gasteiger partial charge is 0.337 e. The first-order valence-corrected chi connectivity index (χ1v) is 8.51. The number of aryl methyl sites for hydroxylation is 1. The van der Waals surface area contributed by atoms with E-state index in [0.717, 1.165) is 47.1 Å². The second kappa shape index (κ2) is 6.50. The molecule has 2 amide bonds. The summed E-state index contributed by atoms with van der Waals surface area (Å²) in [6, 6.07) is 7.51. The molecule has 1 aromatic carbocycles. The molecule has 1 aliphatic rings. The summed E-state index contributed by atoms with van der Waals surface area (Å²) in [7, 11) is 0. The van der Waals surface area contributed by atoms with Gasteiger partial charge in [0.05, 0.1) is 0 Å². The van der Waals surface area contributed by atoms with E-state index in [1.807, 2.05) is 36.1 Å². The molecule has 120 valence electrons. The van der Waals surface area contributed by atoms with Crippen LogP contribution in [0.5, 0.6) is 0 Å². The van der Waals surface area contributed by atoms with Crippen LogP contribution in [0.1, 0.15) is 35.1 Å². The maximum absolute atomic E-state index is 12.5. The first-order chi connectivity index (χ1) is 11.0. The number of anilines is 1. The number of thiazole rings is 1. The van der Waals surface area contributed by atoms with Crippen LogP contribution in [0.15, 0.2) is 24.3 Å². The van der Waals surface area contributed by atoms with E-state index in [1.165, 1.54) is 18.3 Å². The molecule has 0 aliphatic carbocycles. The molecule has 23 heavy (non-hydrogen) atoms. The topological polar surface area (TPSA) is 62.3 Å². The Labute approximate surface area is 139 Å². The molecule has 0 unspecified atom stereocenters. The van der Waals surface area contributed by atoms with Gasteiger partial charge in [0, 0.05) is 36.1 Å². The number of likely N-dealkylation sites (tertiary alicyclic amines) is 1. The minimum Gasteiger partial charge on any atom is -0.337 e. The second-order valence-electron chi connectivity index (χ2n) is 5.68. The summed E-state index contributed by atoms with van der Waals surface area (Å²) in [6.07, 6.45) is 2.15. The molecule has 2 heterocycles. The highest BCUT2D eigenvalue weighted by Gasteiger charge is 2.24. The number of hydrogen-bond acceptors (Lipinski definition) is 4. The highest BCUT2D eigenvalue weighted by Crippen LogP contribution is 2.29. The van der Waals surface area contributed by atoms with Gasteiger partial charge < -0.3 is 10.2 Å². The predicted molar refractivity (Wildman–Crippen MR) is 91.7 cm³/mol. The molecule has 3 rings (SSSR count). The Bertz CT molecular complexity index is 731. The molecular formula is C17H19N3O2S. The number of amides is 2. The van der Waals surface area contributed by atoms with E-state index in [-0.39, 0.29) is 11.8 Å². The van der Waals surface area contributed by atoms with E-state index >= 15 is 0 Å². The number of nitrogens with one attached hydrogen (secondary N) is 1. The van der Waals surface area contributed by atoms with E-state index in [9.17, 15) is 9.59 Å². The minimum atomic E-state index is -0.0960. The van der Waals surface area contributed by atoms with Crippen molar-refractivity contribution in [2.24, 2.45) is 0 Å². The standard InChI is InChI=1S/C17H19N3O2S/c1-11-15(17(22)20-9-3-4-10-20)19-16(23-11)13-5-7-14(8-6-13)18-12(2)21/h5-8H,3-4,9-10H2,1-2H3,(H,18,21). The van der Waals surface area contributed by atoms with Gasteiger partial charge in [-0.3, -0.25) is 9.59 Å². The molecule has 1 saturated heterocycles. The monoisotopic (exact) mass is 329 g/mol. The van der Waals surface area contributed by atoms with E-state index in [2.05, 4.69) is 10.3 Å². The van der Waals surface area contributed by atoms with E-state index in [0.29, 0.717) is 5.69 Å². The third kappa shape index (κ3) is 3.42. The predicted octanol–water partition coefficient (Wildman–Crippen LogP) is 3.31. The number of hydrogen-bond donors (Lipinski definition) is 1. The van der Waals surface area contributed by atoms with Gasteiger partial charge in [-0.15, -0.1) is 11.3 Å². The number of aromatic nitrogens is 1. The number of nitrogens with zero attached hydrogens (tertiary/aromatic N) is 2. The summed E-state index contributed by atoms with van der Waals surface area (Å²) < 4.78 is 0. The lowest BCUT2D eigenvalue weighted by molar-refractivity contribution is -0.114. The maximum atomic E-state index is 12.5.